The lowest BCUT2D eigenvalue weighted by Gasteiger charge is -2.39. The predicted octanol–water partition coefficient (Wildman–Crippen LogP) is 1.53. The molecule has 1 fully saturated rings. The number of aliphatic hydroxyl groups is 4. The molecule has 3 heterocycles. The summed E-state index contributed by atoms with van der Waals surface area (Å²) in [6, 6.07) is 12.3. The molecular formula is C36H37N3O12. The first-order valence-corrected chi connectivity index (χ1v) is 16.1. The Labute approximate surface area is 290 Å². The molecule has 0 spiro atoms. The number of carboxylic acids is 1. The van der Waals surface area contributed by atoms with Gasteiger partial charge < -0.3 is 55.3 Å². The maximum atomic E-state index is 14.0. The minimum absolute atomic E-state index is 0.0189. The molecule has 0 unspecified atom stereocenters. The van der Waals surface area contributed by atoms with E-state index in [0.717, 1.165) is 10.6 Å². The lowest BCUT2D eigenvalue weighted by atomic mass is 9.88. The fourth-order valence-corrected chi connectivity index (χ4v) is 6.53. The van der Waals surface area contributed by atoms with Gasteiger partial charge in [0, 0.05) is 41.9 Å². The van der Waals surface area contributed by atoms with Gasteiger partial charge in [0.2, 0.25) is 6.29 Å². The molecule has 0 saturated carbocycles. The topological polar surface area (TPSA) is 246 Å². The highest BCUT2D eigenvalue weighted by Crippen LogP contribution is 2.49. The van der Waals surface area contributed by atoms with Crippen molar-refractivity contribution >= 4 is 23.6 Å². The molecule has 1 saturated heterocycles. The number of nitrogens with zero attached hydrogens (tertiary/aromatic N) is 2. The first-order valence-electron chi connectivity index (χ1n) is 16.1. The average molecular weight is 704 g/mol. The number of phenols is 3. The van der Waals surface area contributed by atoms with Gasteiger partial charge in [-0.05, 0) is 59.9 Å². The van der Waals surface area contributed by atoms with Crippen LogP contribution in [0.2, 0.25) is 0 Å². The van der Waals surface area contributed by atoms with Crippen LogP contribution in [0.25, 0.3) is 6.08 Å². The largest absolute Gasteiger partial charge is 0.508 e. The highest BCUT2D eigenvalue weighted by molar-refractivity contribution is 6.09. The third-order valence-corrected chi connectivity index (χ3v) is 9.18. The van der Waals surface area contributed by atoms with E-state index in [2.05, 4.69) is 9.97 Å². The van der Waals surface area contributed by atoms with Crippen molar-refractivity contribution in [3.63, 3.8) is 0 Å². The minimum atomic E-state index is -1.81. The van der Waals surface area contributed by atoms with Crippen LogP contribution in [0.5, 0.6) is 23.0 Å². The molecule has 2 aliphatic heterocycles. The smallest absolute Gasteiger partial charge is 0.327 e. The molecule has 268 valence electrons. The zero-order valence-corrected chi connectivity index (χ0v) is 27.0. The Bertz CT molecular complexity index is 1910. The zero-order chi connectivity index (χ0) is 36.4. The summed E-state index contributed by atoms with van der Waals surface area (Å²) in [5, 5.41) is 82.9. The normalized spacial score (nSPS) is 24.5. The molecule has 2 aliphatic rings. The summed E-state index contributed by atoms with van der Waals surface area (Å²) in [6.45, 7) is -0.722. The Morgan fingerprint density at radius 3 is 2.41 bits per heavy atom. The van der Waals surface area contributed by atoms with E-state index in [1.807, 2.05) is 0 Å². The number of ether oxygens (including phenoxy) is 2. The molecule has 1 aromatic heterocycles. The first-order chi connectivity index (χ1) is 24.5. The molecule has 4 aromatic rings. The Hall–Kier alpha value is -5.45. The summed E-state index contributed by atoms with van der Waals surface area (Å²) in [5.41, 5.74) is 2.76. The molecular weight excluding hydrogens is 666 g/mol. The second-order valence-corrected chi connectivity index (χ2v) is 12.4. The number of para-hydroxylation sites is 1. The number of aliphatic hydroxyl groups excluding tert-OH is 4. The number of aromatic hydroxyl groups is 3. The van der Waals surface area contributed by atoms with E-state index in [4.69, 9.17) is 9.47 Å². The number of imidazole rings is 1. The molecule has 9 N–H and O–H groups in total. The van der Waals surface area contributed by atoms with Gasteiger partial charge in [-0.2, -0.15) is 0 Å². The molecule has 7 atom stereocenters. The number of phenolic OH excluding ortho intramolecular Hbond substituents is 3. The number of carboxylic acid groups (broad SMARTS) is 1. The fraction of sp³-hybridized carbons (Fsp3) is 0.306. The van der Waals surface area contributed by atoms with Crippen molar-refractivity contribution in [3.8, 4) is 23.0 Å². The van der Waals surface area contributed by atoms with Crippen LogP contribution in [0.3, 0.4) is 0 Å². The van der Waals surface area contributed by atoms with E-state index in [-0.39, 0.29) is 35.8 Å². The molecule has 3 aromatic carbocycles. The number of aromatic amines is 1. The van der Waals surface area contributed by atoms with Gasteiger partial charge in [0.1, 0.15) is 42.0 Å². The average Bonchev–Trinajstić information content (AvgIpc) is 3.74. The SMILES string of the molecule is O=C(O)[C@H]1[C@H](CCc2ccccc2O)c2cc(O)c(O[C@@H]3O[C@H](CO)[C@@H](O)[C@H](O)[C@H]3O)cc2N1C(=O)/C=C/c1ccc(O)c(Cc2cnc[nH]2)c1. The van der Waals surface area contributed by atoms with Crippen molar-refractivity contribution in [1.82, 2.24) is 9.97 Å². The number of H-pyrrole nitrogens is 1. The van der Waals surface area contributed by atoms with Crippen LogP contribution in [-0.4, -0.2) is 106 Å². The summed E-state index contributed by atoms with van der Waals surface area (Å²) in [5.74, 6) is -3.72. The number of aliphatic carboxylic acids is 1. The summed E-state index contributed by atoms with van der Waals surface area (Å²) in [6.07, 6.45) is -1.71. The van der Waals surface area contributed by atoms with E-state index in [1.165, 1.54) is 42.7 Å². The number of aryl methyl sites for hydroxylation is 1. The summed E-state index contributed by atoms with van der Waals surface area (Å²) in [4.78, 5) is 34.9. The summed E-state index contributed by atoms with van der Waals surface area (Å²) in [7, 11) is 0. The standard InChI is InChI=1S/C36H37N3O12/c40-16-29-32(45)33(46)34(47)36(51-29)50-28-14-24-23(13-27(28)43)22(8-7-19-3-1-2-4-25(19)41)31(35(48)49)39(24)30(44)10-6-18-5-9-26(42)20(11-18)12-21-15-37-17-38-21/h1-6,9-11,13-15,17,22,29,31-34,36,40-43,45-47H,7-8,12,16H2,(H,37,38)(H,48,49)/b10-6+/t22-,29-,31-,32-,33+,34-,36-/m1/s1. The highest BCUT2D eigenvalue weighted by atomic mass is 16.7. The lowest BCUT2D eigenvalue weighted by molar-refractivity contribution is -0.277. The molecule has 15 heteroatoms. The Balaban J connectivity index is 1.35. The number of benzene rings is 3. The molecule has 51 heavy (non-hydrogen) atoms. The Kier molecular flexibility index (Phi) is 10.3. The monoisotopic (exact) mass is 703 g/mol. The van der Waals surface area contributed by atoms with Crippen molar-refractivity contribution in [2.75, 3.05) is 11.5 Å². The van der Waals surface area contributed by atoms with Crippen molar-refractivity contribution < 1.29 is 59.9 Å². The third kappa shape index (κ3) is 7.24. The Morgan fingerprint density at radius 2 is 1.71 bits per heavy atom. The number of hydrogen-bond acceptors (Lipinski definition) is 12. The number of rotatable bonds is 11. The quantitative estimate of drug-likeness (QED) is 0.101. The van der Waals surface area contributed by atoms with Gasteiger partial charge in [0.15, 0.2) is 11.5 Å². The molecule has 15 nitrogen and oxygen atoms in total. The highest BCUT2D eigenvalue weighted by Gasteiger charge is 2.48. The van der Waals surface area contributed by atoms with Crippen LogP contribution in [0.1, 0.15) is 40.3 Å². The fourth-order valence-electron chi connectivity index (χ4n) is 6.53. The van der Waals surface area contributed by atoms with Gasteiger partial charge in [-0.25, -0.2) is 9.78 Å². The maximum absolute atomic E-state index is 14.0. The number of anilines is 1. The van der Waals surface area contributed by atoms with Crippen molar-refractivity contribution in [3.05, 3.63) is 101 Å². The van der Waals surface area contributed by atoms with E-state index in [9.17, 15) is 50.4 Å². The Morgan fingerprint density at radius 1 is 0.941 bits per heavy atom. The van der Waals surface area contributed by atoms with Crippen molar-refractivity contribution in [2.24, 2.45) is 0 Å². The predicted molar refractivity (Wildman–Crippen MR) is 179 cm³/mol. The van der Waals surface area contributed by atoms with Crippen LogP contribution in [0.4, 0.5) is 5.69 Å². The van der Waals surface area contributed by atoms with Gasteiger partial charge in [0.05, 0.1) is 18.6 Å². The van der Waals surface area contributed by atoms with Gasteiger partial charge in [-0.3, -0.25) is 9.69 Å². The summed E-state index contributed by atoms with van der Waals surface area (Å²) < 4.78 is 11.1. The van der Waals surface area contributed by atoms with Crippen LogP contribution < -0.4 is 9.64 Å². The second-order valence-electron chi connectivity index (χ2n) is 12.4. The van der Waals surface area contributed by atoms with Gasteiger partial charge >= 0.3 is 5.97 Å². The second kappa shape index (κ2) is 14.8. The minimum Gasteiger partial charge on any atom is -0.508 e. The van der Waals surface area contributed by atoms with Crippen molar-refractivity contribution in [2.45, 2.75) is 61.9 Å². The number of carbonyl (C=O) groups excluding carboxylic acids is 1. The van der Waals surface area contributed by atoms with E-state index in [1.54, 1.807) is 36.5 Å². The molecule has 6 rings (SSSR count). The van der Waals surface area contributed by atoms with Crippen molar-refractivity contribution in [1.29, 1.82) is 0 Å². The third-order valence-electron chi connectivity index (χ3n) is 9.18. The number of carbonyl (C=O) groups is 2. The number of nitrogens with one attached hydrogen (secondary N) is 1. The first kappa shape index (κ1) is 35.4. The molecule has 0 aliphatic carbocycles. The van der Waals surface area contributed by atoms with Gasteiger partial charge in [-0.15, -0.1) is 0 Å². The van der Waals surface area contributed by atoms with Crippen LogP contribution in [-0.2, 0) is 27.2 Å². The van der Waals surface area contributed by atoms with E-state index in [0.29, 0.717) is 28.7 Å². The number of hydrogen-bond donors (Lipinski definition) is 9. The van der Waals surface area contributed by atoms with Crippen LogP contribution >= 0.6 is 0 Å². The number of amides is 1. The van der Waals surface area contributed by atoms with Gasteiger partial charge in [-0.1, -0.05) is 24.3 Å². The molecule has 1 amide bonds. The van der Waals surface area contributed by atoms with Crippen LogP contribution in [0.15, 0.2) is 73.2 Å². The van der Waals surface area contributed by atoms with Crippen LogP contribution in [0, 0.1) is 0 Å². The molecule has 0 radical (unpaired) electrons. The maximum Gasteiger partial charge on any atom is 0.327 e. The number of fused-ring (bicyclic) bond motifs is 1. The molecule has 0 bridgehead atoms. The zero-order valence-electron chi connectivity index (χ0n) is 27.0. The number of aromatic nitrogens is 2. The van der Waals surface area contributed by atoms with E-state index >= 15 is 0 Å². The lowest BCUT2D eigenvalue weighted by Crippen LogP contribution is -2.60. The van der Waals surface area contributed by atoms with E-state index < -0.39 is 66.9 Å². The van der Waals surface area contributed by atoms with Gasteiger partial charge in [0.25, 0.3) is 5.91 Å². The summed E-state index contributed by atoms with van der Waals surface area (Å²) >= 11 is 0.